The Labute approximate surface area is 153 Å². The summed E-state index contributed by atoms with van der Waals surface area (Å²) in [5.41, 5.74) is -0.214. The van der Waals surface area contributed by atoms with Crippen molar-refractivity contribution >= 4 is 40.5 Å². The lowest BCUT2D eigenvalue weighted by Gasteiger charge is -2.17. The number of amides is 1. The Morgan fingerprint density at radius 2 is 1.72 bits per heavy atom. The van der Waals surface area contributed by atoms with E-state index < -0.39 is 17.6 Å². The average molecular weight is 394 g/mol. The summed E-state index contributed by atoms with van der Waals surface area (Å²) in [6.07, 6.45) is -2.99. The van der Waals surface area contributed by atoms with Gasteiger partial charge in [0.25, 0.3) is 5.91 Å². The number of halogens is 5. The lowest BCUT2D eigenvalue weighted by atomic mass is 10.0. The molecule has 1 amide bonds. The topological polar surface area (TPSA) is 35.9 Å². The Bertz CT molecular complexity index is 747. The van der Waals surface area contributed by atoms with Gasteiger partial charge in [0.15, 0.2) is 0 Å². The van der Waals surface area contributed by atoms with Crippen molar-refractivity contribution < 1.29 is 18.0 Å². The first kappa shape index (κ1) is 19.6. The number of anilines is 1. The smallest absolute Gasteiger partial charge is 0.383 e. The van der Waals surface area contributed by atoms with E-state index >= 15 is 0 Å². The zero-order valence-corrected chi connectivity index (χ0v) is 15.5. The number of hydrazone groups is 1. The predicted octanol–water partition coefficient (Wildman–Crippen LogP) is 4.82. The van der Waals surface area contributed by atoms with Crippen LogP contribution in [0.25, 0.3) is 0 Å². The van der Waals surface area contributed by atoms with Gasteiger partial charge in [-0.05, 0) is 18.1 Å². The number of hydrogen-bond donors (Lipinski definition) is 0. The van der Waals surface area contributed by atoms with Gasteiger partial charge >= 0.3 is 6.18 Å². The summed E-state index contributed by atoms with van der Waals surface area (Å²) in [5, 5.41) is 4.60. The molecule has 0 radical (unpaired) electrons. The highest BCUT2D eigenvalue weighted by Crippen LogP contribution is 2.42. The van der Waals surface area contributed by atoms with Crippen LogP contribution in [-0.4, -0.2) is 30.6 Å². The highest BCUT2D eigenvalue weighted by molar-refractivity contribution is 6.42. The number of carbonyl (C=O) groups is 1. The van der Waals surface area contributed by atoms with Gasteiger partial charge in [0.2, 0.25) is 0 Å². The van der Waals surface area contributed by atoms with Crippen molar-refractivity contribution in [2.24, 2.45) is 11.0 Å². The van der Waals surface area contributed by atoms with Gasteiger partial charge in [0.05, 0.1) is 26.9 Å². The minimum atomic E-state index is -4.59. The van der Waals surface area contributed by atoms with E-state index in [1.807, 2.05) is 13.8 Å². The molecule has 25 heavy (non-hydrogen) atoms. The second kappa shape index (κ2) is 6.88. The van der Waals surface area contributed by atoms with Crippen LogP contribution in [0.5, 0.6) is 0 Å². The lowest BCUT2D eigenvalue weighted by Crippen LogP contribution is -2.24. The fourth-order valence-corrected chi connectivity index (χ4v) is 2.97. The van der Waals surface area contributed by atoms with Crippen LogP contribution in [0.3, 0.4) is 0 Å². The second-order valence-corrected chi connectivity index (χ2v) is 6.86. The van der Waals surface area contributed by atoms with Crippen molar-refractivity contribution in [2.75, 3.05) is 19.1 Å². The molecule has 1 aromatic carbocycles. The molecule has 0 fully saturated rings. The summed E-state index contributed by atoms with van der Waals surface area (Å²) in [7, 11) is 3.50. The maximum Gasteiger partial charge on any atom is 0.416 e. The zero-order chi connectivity index (χ0) is 19.1. The highest BCUT2D eigenvalue weighted by Gasteiger charge is 2.37. The van der Waals surface area contributed by atoms with Crippen LogP contribution >= 0.6 is 23.2 Å². The van der Waals surface area contributed by atoms with Gasteiger partial charge in [-0.3, -0.25) is 4.79 Å². The van der Waals surface area contributed by atoms with Crippen LogP contribution in [0.4, 0.5) is 18.9 Å². The molecule has 9 heteroatoms. The molecule has 1 aliphatic heterocycles. The van der Waals surface area contributed by atoms with Crippen LogP contribution in [-0.2, 0) is 11.0 Å². The fourth-order valence-electron chi connectivity index (χ4n) is 2.32. The molecule has 4 nitrogen and oxygen atoms in total. The van der Waals surface area contributed by atoms with Gasteiger partial charge in [0.1, 0.15) is 5.69 Å². The average Bonchev–Trinajstić information content (AvgIpc) is 2.75. The molecular formula is C16H16Cl2F3N3O. The van der Waals surface area contributed by atoms with E-state index in [1.165, 1.54) is 0 Å². The molecule has 1 aromatic rings. The van der Waals surface area contributed by atoms with Gasteiger partial charge in [0, 0.05) is 20.3 Å². The van der Waals surface area contributed by atoms with Crippen molar-refractivity contribution in [3.63, 3.8) is 0 Å². The van der Waals surface area contributed by atoms with Gasteiger partial charge in [-0.2, -0.15) is 23.3 Å². The molecular weight excluding hydrogens is 378 g/mol. The molecule has 0 aromatic heterocycles. The standard InChI is InChI=1S/C16H16Cl2F3N3O/c1-8(2)13-10(7-23(3)4)15(25)24(22-13)14-11(17)5-9(6-12(14)18)16(19,20)21/h5-8H,1-4H3/b10-7-. The molecule has 136 valence electrons. The Morgan fingerprint density at radius 1 is 1.20 bits per heavy atom. The molecule has 1 heterocycles. The first-order chi connectivity index (χ1) is 11.4. The minimum absolute atomic E-state index is 0.0679. The zero-order valence-electron chi connectivity index (χ0n) is 13.9. The Balaban J connectivity index is 2.58. The fraction of sp³-hybridized carbons (Fsp3) is 0.375. The van der Waals surface area contributed by atoms with Crippen LogP contribution in [0.1, 0.15) is 19.4 Å². The summed E-state index contributed by atoms with van der Waals surface area (Å²) in [4.78, 5) is 14.4. The summed E-state index contributed by atoms with van der Waals surface area (Å²) >= 11 is 12.0. The van der Waals surface area contributed by atoms with Gasteiger partial charge in [-0.1, -0.05) is 37.0 Å². The number of nitrogens with zero attached hydrogens (tertiary/aromatic N) is 3. The van der Waals surface area contributed by atoms with Crippen molar-refractivity contribution in [2.45, 2.75) is 20.0 Å². The second-order valence-electron chi connectivity index (χ2n) is 6.05. The summed E-state index contributed by atoms with van der Waals surface area (Å²) < 4.78 is 38.6. The molecule has 0 N–H and O–H groups in total. The first-order valence-corrected chi connectivity index (χ1v) is 8.07. The molecule has 2 rings (SSSR count). The first-order valence-electron chi connectivity index (χ1n) is 7.31. The highest BCUT2D eigenvalue weighted by atomic mass is 35.5. The van der Waals surface area contributed by atoms with E-state index in [2.05, 4.69) is 5.10 Å². The summed E-state index contributed by atoms with van der Waals surface area (Å²) in [5.74, 6) is -0.576. The number of hydrogen-bond acceptors (Lipinski definition) is 3. The lowest BCUT2D eigenvalue weighted by molar-refractivity contribution is -0.137. The molecule has 0 spiro atoms. The molecule has 0 saturated heterocycles. The Morgan fingerprint density at radius 3 is 2.12 bits per heavy atom. The molecule has 0 bridgehead atoms. The number of benzene rings is 1. The van der Waals surface area contributed by atoms with Crippen LogP contribution in [0, 0.1) is 5.92 Å². The number of rotatable bonds is 3. The minimum Gasteiger partial charge on any atom is -0.383 e. The largest absolute Gasteiger partial charge is 0.416 e. The molecule has 1 aliphatic rings. The third-order valence-corrected chi connectivity index (χ3v) is 3.97. The van der Waals surface area contributed by atoms with E-state index in [0.29, 0.717) is 11.3 Å². The van der Waals surface area contributed by atoms with E-state index in [0.717, 1.165) is 17.1 Å². The van der Waals surface area contributed by atoms with Crippen LogP contribution in [0.2, 0.25) is 10.0 Å². The number of carbonyl (C=O) groups excluding carboxylic acids is 1. The molecule has 0 aliphatic carbocycles. The van der Waals surface area contributed by atoms with Gasteiger partial charge < -0.3 is 4.90 Å². The monoisotopic (exact) mass is 393 g/mol. The third kappa shape index (κ3) is 3.93. The SMILES string of the molecule is CC(C)C1=NN(c2c(Cl)cc(C(F)(F)F)cc2Cl)C(=O)/C1=C\N(C)C. The van der Waals surface area contributed by atoms with Gasteiger partial charge in [-0.25, -0.2) is 0 Å². The van der Waals surface area contributed by atoms with E-state index in [4.69, 9.17) is 23.2 Å². The normalized spacial score (nSPS) is 16.9. The maximum absolute atomic E-state index is 12.9. The van der Waals surface area contributed by atoms with Crippen LogP contribution in [0.15, 0.2) is 29.0 Å². The Hall–Kier alpha value is -1.73. The van der Waals surface area contributed by atoms with Crippen molar-refractivity contribution in [1.29, 1.82) is 0 Å². The molecule has 0 saturated carbocycles. The van der Waals surface area contributed by atoms with E-state index in [1.54, 1.807) is 25.2 Å². The molecule has 0 atom stereocenters. The quantitative estimate of drug-likeness (QED) is 0.690. The predicted molar refractivity (Wildman–Crippen MR) is 93.0 cm³/mol. The summed E-state index contributed by atoms with van der Waals surface area (Å²) in [6.45, 7) is 3.71. The van der Waals surface area contributed by atoms with E-state index in [9.17, 15) is 18.0 Å². The molecule has 0 unspecified atom stereocenters. The number of alkyl halides is 3. The summed E-state index contributed by atoms with van der Waals surface area (Å²) in [6, 6.07) is 1.46. The van der Waals surface area contributed by atoms with E-state index in [-0.39, 0.29) is 21.7 Å². The van der Waals surface area contributed by atoms with Gasteiger partial charge in [-0.15, -0.1) is 0 Å². The maximum atomic E-state index is 12.9. The van der Waals surface area contributed by atoms with Crippen LogP contribution < -0.4 is 5.01 Å². The van der Waals surface area contributed by atoms with Crippen molar-refractivity contribution in [3.05, 3.63) is 39.5 Å². The van der Waals surface area contributed by atoms with Crippen molar-refractivity contribution in [1.82, 2.24) is 4.90 Å². The Kier molecular flexibility index (Phi) is 5.39. The van der Waals surface area contributed by atoms with Crippen molar-refractivity contribution in [3.8, 4) is 0 Å². The third-order valence-electron chi connectivity index (χ3n) is 3.40.